The molecule has 3 heteroatoms. The van der Waals surface area contributed by atoms with Gasteiger partial charge in [0.15, 0.2) is 0 Å². The third kappa shape index (κ3) is 2.49. The molecule has 0 saturated heterocycles. The number of benzene rings is 1. The smallest absolute Gasteiger partial charge is 0.0439 e. The summed E-state index contributed by atoms with van der Waals surface area (Å²) < 4.78 is 0. The predicted molar refractivity (Wildman–Crippen MR) is 74.1 cm³/mol. The topological polar surface area (TPSA) is 50.9 Å². The maximum absolute atomic E-state index is 5.96. The van der Waals surface area contributed by atoms with Crippen LogP contribution in [-0.4, -0.2) is 11.0 Å². The van der Waals surface area contributed by atoms with Crippen molar-refractivity contribution >= 4 is 22.1 Å². The third-order valence-electron chi connectivity index (χ3n) is 2.98. The second-order valence-electron chi connectivity index (χ2n) is 4.46. The molecule has 1 atom stereocenters. The van der Waals surface area contributed by atoms with Gasteiger partial charge in [0.05, 0.1) is 0 Å². The summed E-state index contributed by atoms with van der Waals surface area (Å²) in [5.74, 6) is 0. The summed E-state index contributed by atoms with van der Waals surface area (Å²) in [6, 6.07) is 6.40. The number of anilines is 2. The minimum absolute atomic E-state index is 0.465. The molecule has 0 amide bonds. The number of hydrogen-bond acceptors (Lipinski definition) is 3. The van der Waals surface area contributed by atoms with Crippen molar-refractivity contribution in [3.8, 4) is 0 Å². The molecule has 2 rings (SSSR count). The first-order valence-corrected chi connectivity index (χ1v) is 6.11. The zero-order valence-corrected chi connectivity index (χ0v) is 10.4. The van der Waals surface area contributed by atoms with Crippen molar-refractivity contribution in [2.24, 2.45) is 0 Å². The van der Waals surface area contributed by atoms with E-state index in [0.29, 0.717) is 6.04 Å². The second kappa shape index (κ2) is 5.04. The van der Waals surface area contributed by atoms with Gasteiger partial charge in [0, 0.05) is 40.6 Å². The zero-order chi connectivity index (χ0) is 12.3. The van der Waals surface area contributed by atoms with Gasteiger partial charge in [0.1, 0.15) is 0 Å². The first kappa shape index (κ1) is 11.7. The fourth-order valence-electron chi connectivity index (χ4n) is 2.11. The van der Waals surface area contributed by atoms with Crippen molar-refractivity contribution in [3.05, 3.63) is 30.6 Å². The highest BCUT2D eigenvalue weighted by Crippen LogP contribution is 2.28. The lowest BCUT2D eigenvalue weighted by Crippen LogP contribution is -2.14. The molecule has 0 spiro atoms. The Balaban J connectivity index is 2.38. The van der Waals surface area contributed by atoms with E-state index in [1.165, 1.54) is 6.42 Å². The Bertz CT molecular complexity index is 508. The van der Waals surface area contributed by atoms with E-state index in [-0.39, 0.29) is 0 Å². The van der Waals surface area contributed by atoms with E-state index >= 15 is 0 Å². The summed E-state index contributed by atoms with van der Waals surface area (Å²) in [6.07, 6.45) is 5.98. The average molecular weight is 229 g/mol. The van der Waals surface area contributed by atoms with E-state index in [1.807, 2.05) is 24.4 Å². The van der Waals surface area contributed by atoms with Gasteiger partial charge in [-0.3, -0.25) is 4.98 Å². The van der Waals surface area contributed by atoms with E-state index in [4.69, 9.17) is 5.73 Å². The van der Waals surface area contributed by atoms with Crippen LogP contribution in [0.2, 0.25) is 0 Å². The molecule has 0 saturated carbocycles. The minimum atomic E-state index is 0.465. The van der Waals surface area contributed by atoms with Crippen LogP contribution in [0.5, 0.6) is 0 Å². The van der Waals surface area contributed by atoms with Crippen molar-refractivity contribution in [2.75, 3.05) is 11.1 Å². The number of nitrogen functional groups attached to an aromatic ring is 1. The van der Waals surface area contributed by atoms with Crippen LogP contribution in [-0.2, 0) is 0 Å². The van der Waals surface area contributed by atoms with Gasteiger partial charge in [-0.25, -0.2) is 0 Å². The summed E-state index contributed by atoms with van der Waals surface area (Å²) >= 11 is 0. The molecule has 1 unspecified atom stereocenters. The molecule has 0 fully saturated rings. The third-order valence-corrected chi connectivity index (χ3v) is 2.98. The van der Waals surface area contributed by atoms with Gasteiger partial charge in [0.2, 0.25) is 0 Å². The predicted octanol–water partition coefficient (Wildman–Crippen LogP) is 3.42. The van der Waals surface area contributed by atoms with Crippen LogP contribution in [0.3, 0.4) is 0 Å². The Labute approximate surface area is 102 Å². The van der Waals surface area contributed by atoms with Crippen LogP contribution in [0.15, 0.2) is 30.6 Å². The number of aromatic nitrogens is 1. The second-order valence-corrected chi connectivity index (χ2v) is 4.46. The lowest BCUT2D eigenvalue weighted by atomic mass is 10.1. The van der Waals surface area contributed by atoms with E-state index in [0.717, 1.165) is 28.6 Å². The summed E-state index contributed by atoms with van der Waals surface area (Å²) in [6.45, 7) is 4.39. The maximum Gasteiger partial charge on any atom is 0.0439 e. The molecule has 1 aromatic heterocycles. The molecule has 1 aromatic carbocycles. The van der Waals surface area contributed by atoms with Crippen LogP contribution in [0, 0.1) is 0 Å². The molecular formula is C14H19N3. The zero-order valence-electron chi connectivity index (χ0n) is 10.4. The Morgan fingerprint density at radius 3 is 2.88 bits per heavy atom. The maximum atomic E-state index is 5.96. The van der Waals surface area contributed by atoms with Crippen molar-refractivity contribution in [3.63, 3.8) is 0 Å². The Kier molecular flexibility index (Phi) is 3.47. The molecule has 3 nitrogen and oxygen atoms in total. The Hall–Kier alpha value is -1.77. The molecule has 0 aliphatic rings. The molecule has 0 radical (unpaired) electrons. The van der Waals surface area contributed by atoms with E-state index in [1.54, 1.807) is 6.20 Å². The van der Waals surface area contributed by atoms with Gasteiger partial charge in [-0.1, -0.05) is 13.3 Å². The quantitative estimate of drug-likeness (QED) is 0.790. The average Bonchev–Trinajstić information content (AvgIpc) is 2.34. The van der Waals surface area contributed by atoms with Crippen LogP contribution >= 0.6 is 0 Å². The molecule has 17 heavy (non-hydrogen) atoms. The first-order valence-electron chi connectivity index (χ1n) is 6.11. The van der Waals surface area contributed by atoms with E-state index < -0.39 is 0 Å². The lowest BCUT2D eigenvalue weighted by molar-refractivity contribution is 0.691. The van der Waals surface area contributed by atoms with Gasteiger partial charge < -0.3 is 11.1 Å². The van der Waals surface area contributed by atoms with Crippen molar-refractivity contribution < 1.29 is 0 Å². The number of nitrogens with two attached hydrogens (primary N) is 1. The number of hydrogen-bond donors (Lipinski definition) is 2. The van der Waals surface area contributed by atoms with Gasteiger partial charge in [-0.2, -0.15) is 0 Å². The largest absolute Gasteiger partial charge is 0.398 e. The highest BCUT2D eigenvalue weighted by Gasteiger charge is 2.06. The fraction of sp³-hybridized carbons (Fsp3) is 0.357. The van der Waals surface area contributed by atoms with Crippen LogP contribution in [0.25, 0.3) is 10.8 Å². The minimum Gasteiger partial charge on any atom is -0.398 e. The number of nitrogens with one attached hydrogen (secondary N) is 1. The SMILES string of the molecule is CCCC(C)Nc1ccc(N)c2ccncc12. The van der Waals surface area contributed by atoms with Gasteiger partial charge in [-0.15, -0.1) is 0 Å². The summed E-state index contributed by atoms with van der Waals surface area (Å²) in [5, 5.41) is 5.67. The molecule has 90 valence electrons. The van der Waals surface area contributed by atoms with Gasteiger partial charge in [-0.05, 0) is 31.5 Å². The molecule has 1 heterocycles. The Morgan fingerprint density at radius 1 is 1.29 bits per heavy atom. The number of pyridine rings is 1. The highest BCUT2D eigenvalue weighted by atomic mass is 14.9. The normalized spacial score (nSPS) is 12.6. The van der Waals surface area contributed by atoms with Crippen molar-refractivity contribution in [1.82, 2.24) is 4.98 Å². The Morgan fingerprint density at radius 2 is 2.12 bits per heavy atom. The molecule has 0 aliphatic carbocycles. The van der Waals surface area contributed by atoms with Crippen molar-refractivity contribution in [1.29, 1.82) is 0 Å². The molecule has 2 aromatic rings. The van der Waals surface area contributed by atoms with Crippen molar-refractivity contribution in [2.45, 2.75) is 32.7 Å². The summed E-state index contributed by atoms with van der Waals surface area (Å²) in [4.78, 5) is 4.17. The lowest BCUT2D eigenvalue weighted by Gasteiger charge is -2.16. The fourth-order valence-corrected chi connectivity index (χ4v) is 2.11. The first-order chi connectivity index (χ1) is 8.22. The van der Waals surface area contributed by atoms with Crippen LogP contribution in [0.1, 0.15) is 26.7 Å². The summed E-state index contributed by atoms with van der Waals surface area (Å²) in [5.41, 5.74) is 7.88. The van der Waals surface area contributed by atoms with Crippen LogP contribution < -0.4 is 11.1 Å². The molecule has 0 aliphatic heterocycles. The number of rotatable bonds is 4. The molecule has 3 N–H and O–H groups in total. The monoisotopic (exact) mass is 229 g/mol. The molecular weight excluding hydrogens is 210 g/mol. The van der Waals surface area contributed by atoms with Crippen LogP contribution in [0.4, 0.5) is 11.4 Å². The molecule has 0 bridgehead atoms. The van der Waals surface area contributed by atoms with E-state index in [9.17, 15) is 0 Å². The van der Waals surface area contributed by atoms with E-state index in [2.05, 4.69) is 24.1 Å². The number of nitrogens with zero attached hydrogens (tertiary/aromatic N) is 1. The van der Waals surface area contributed by atoms with Gasteiger partial charge in [0.25, 0.3) is 0 Å². The summed E-state index contributed by atoms with van der Waals surface area (Å²) in [7, 11) is 0. The standard InChI is InChI=1S/C14H19N3/c1-3-4-10(2)17-14-6-5-13(15)11-7-8-16-9-12(11)14/h5-10,17H,3-4,15H2,1-2H3. The highest BCUT2D eigenvalue weighted by molar-refractivity contribution is 6.00. The number of fused-ring (bicyclic) bond motifs is 1. The van der Waals surface area contributed by atoms with Gasteiger partial charge >= 0.3 is 0 Å².